The Morgan fingerprint density at radius 2 is 0.470 bits per heavy atom. The van der Waals surface area contributed by atoms with Crippen molar-refractivity contribution in [1.29, 1.82) is 0 Å². The highest BCUT2D eigenvalue weighted by atomic mass is 16.6. The minimum atomic E-state index is -0.770. The first-order chi connectivity index (χ1) is 41.0. The lowest BCUT2D eigenvalue weighted by Crippen LogP contribution is -2.30. The monoisotopic (exact) mass is 1160 g/mol. The van der Waals surface area contributed by atoms with Gasteiger partial charge in [0.2, 0.25) is 0 Å². The molecule has 0 bridgehead atoms. The molecule has 1 unspecified atom stereocenters. The van der Waals surface area contributed by atoms with Crippen LogP contribution in [0.25, 0.3) is 0 Å². The predicted molar refractivity (Wildman–Crippen MR) is 362 cm³/mol. The number of carbonyl (C=O) groups excluding carboxylic acids is 3. The lowest BCUT2D eigenvalue weighted by molar-refractivity contribution is -0.167. The van der Waals surface area contributed by atoms with E-state index in [0.717, 1.165) is 89.9 Å². The Balaban J connectivity index is 3.90. The van der Waals surface area contributed by atoms with E-state index in [0.29, 0.717) is 19.3 Å². The number of carbonyl (C=O) groups is 3. The summed E-state index contributed by atoms with van der Waals surface area (Å²) < 4.78 is 16.8. The van der Waals surface area contributed by atoms with Crippen LogP contribution in [0, 0.1) is 0 Å². The number of ether oxygens (including phenoxy) is 3. The Bertz CT molecular complexity index is 1470. The van der Waals surface area contributed by atoms with Crippen molar-refractivity contribution < 1.29 is 28.6 Å². The number of hydrogen-bond acceptors (Lipinski definition) is 6. The van der Waals surface area contributed by atoms with Gasteiger partial charge in [-0.25, -0.2) is 0 Å². The van der Waals surface area contributed by atoms with Crippen molar-refractivity contribution in [3.05, 3.63) is 60.8 Å². The molecule has 0 heterocycles. The van der Waals surface area contributed by atoms with Gasteiger partial charge in [-0.3, -0.25) is 14.4 Å². The van der Waals surface area contributed by atoms with Crippen molar-refractivity contribution >= 4 is 17.9 Å². The van der Waals surface area contributed by atoms with Gasteiger partial charge < -0.3 is 14.2 Å². The minimum absolute atomic E-state index is 0.0695. The zero-order chi connectivity index (χ0) is 59.9. The van der Waals surface area contributed by atoms with E-state index in [9.17, 15) is 14.4 Å². The number of hydrogen-bond donors (Lipinski definition) is 0. The first kappa shape index (κ1) is 80.1. The first-order valence-corrected chi connectivity index (χ1v) is 36.8. The third kappa shape index (κ3) is 69.8. The SMILES string of the molecule is CC/C=C\C/C=C\C/C=C\C/C=C\CCCCCCCCCCCCCCCCC(=O)OC(COC(=O)CCCCCCC)COC(=O)CCCCCCCCCCCCCCCCCCCCCCC/C=C\CCCCCCCCCC. The third-order valence-corrected chi connectivity index (χ3v) is 16.5. The summed E-state index contributed by atoms with van der Waals surface area (Å²) in [6, 6.07) is 0. The Morgan fingerprint density at radius 3 is 0.747 bits per heavy atom. The summed E-state index contributed by atoms with van der Waals surface area (Å²) >= 11 is 0. The van der Waals surface area contributed by atoms with Crippen molar-refractivity contribution in [3.8, 4) is 0 Å². The van der Waals surface area contributed by atoms with Crippen LogP contribution in [0.15, 0.2) is 60.8 Å². The Hall–Kier alpha value is -2.89. The third-order valence-electron chi connectivity index (χ3n) is 16.5. The standard InChI is InChI=1S/C77H140O6/c1-4-7-10-13-15-17-19-21-23-25-27-29-31-33-35-36-37-38-39-40-42-43-45-47-49-51-53-55-57-59-61-64-67-70-76(79)82-73-74(72-81-75(78)69-66-63-12-9-6-3)83-77(80)71-68-65-62-60-58-56-54-52-50-48-46-44-41-34-32-30-28-26-24-22-20-18-16-14-11-8-5-2/h8,11,16,18,22,24-25,27-28,30,74H,4-7,9-10,12-15,17,19-21,23,26,29,31-73H2,1-3H3/b11-8-,18-16-,24-22-,27-25-,30-28-. The molecular formula is C77H140O6. The van der Waals surface area contributed by atoms with Gasteiger partial charge in [0, 0.05) is 19.3 Å². The molecular weight excluding hydrogens is 1020 g/mol. The molecule has 0 aromatic carbocycles. The molecule has 6 heteroatoms. The van der Waals surface area contributed by atoms with Crippen molar-refractivity contribution in [1.82, 2.24) is 0 Å². The van der Waals surface area contributed by atoms with Gasteiger partial charge in [-0.1, -0.05) is 351 Å². The van der Waals surface area contributed by atoms with Crippen LogP contribution in [0.1, 0.15) is 393 Å². The van der Waals surface area contributed by atoms with Gasteiger partial charge >= 0.3 is 17.9 Å². The lowest BCUT2D eigenvalue weighted by Gasteiger charge is -2.18. The second kappa shape index (κ2) is 71.6. The van der Waals surface area contributed by atoms with Crippen molar-refractivity contribution in [2.45, 2.75) is 399 Å². The quantitative estimate of drug-likeness (QED) is 0.0261. The average molecular weight is 1160 g/mol. The minimum Gasteiger partial charge on any atom is -0.462 e. The number of unbranched alkanes of at least 4 members (excludes halogenated alkanes) is 47. The largest absolute Gasteiger partial charge is 0.462 e. The second-order valence-corrected chi connectivity index (χ2v) is 24.8. The molecule has 0 radical (unpaired) electrons. The molecule has 0 amide bonds. The van der Waals surface area contributed by atoms with Crippen LogP contribution in [0.2, 0.25) is 0 Å². The summed E-state index contributed by atoms with van der Waals surface area (Å²) in [4.78, 5) is 38.1. The summed E-state index contributed by atoms with van der Waals surface area (Å²) in [6.45, 7) is 6.50. The number of allylic oxidation sites excluding steroid dienone is 10. The highest BCUT2D eigenvalue weighted by molar-refractivity contribution is 5.71. The molecule has 0 saturated carbocycles. The molecule has 0 aromatic heterocycles. The Labute approximate surface area is 517 Å². The molecule has 83 heavy (non-hydrogen) atoms. The van der Waals surface area contributed by atoms with Crippen LogP contribution >= 0.6 is 0 Å². The highest BCUT2D eigenvalue weighted by Gasteiger charge is 2.19. The van der Waals surface area contributed by atoms with E-state index in [1.54, 1.807) is 0 Å². The summed E-state index contributed by atoms with van der Waals surface area (Å²) in [5.74, 6) is -0.862. The first-order valence-electron chi connectivity index (χ1n) is 36.8. The Kier molecular flexibility index (Phi) is 69.1. The van der Waals surface area contributed by atoms with Gasteiger partial charge in [0.1, 0.15) is 13.2 Å². The topological polar surface area (TPSA) is 78.9 Å². The van der Waals surface area contributed by atoms with Crippen molar-refractivity contribution in [2.24, 2.45) is 0 Å². The van der Waals surface area contributed by atoms with Crippen molar-refractivity contribution in [3.63, 3.8) is 0 Å². The summed E-state index contributed by atoms with van der Waals surface area (Å²) in [6.07, 6.45) is 93.3. The maximum Gasteiger partial charge on any atom is 0.306 e. The maximum absolute atomic E-state index is 12.9. The molecule has 0 N–H and O–H groups in total. The summed E-state index contributed by atoms with van der Waals surface area (Å²) in [7, 11) is 0. The second-order valence-electron chi connectivity index (χ2n) is 24.8. The van der Waals surface area contributed by atoms with Crippen molar-refractivity contribution in [2.75, 3.05) is 13.2 Å². The van der Waals surface area contributed by atoms with Crippen LogP contribution in [0.3, 0.4) is 0 Å². The number of esters is 3. The molecule has 0 rings (SSSR count). The van der Waals surface area contributed by atoms with Crippen LogP contribution in [0.5, 0.6) is 0 Å². The number of rotatable bonds is 68. The molecule has 0 aliphatic heterocycles. The predicted octanol–water partition coefficient (Wildman–Crippen LogP) is 25.5. The molecule has 0 fully saturated rings. The van der Waals surface area contributed by atoms with E-state index in [1.807, 2.05) is 0 Å². The molecule has 6 nitrogen and oxygen atoms in total. The lowest BCUT2D eigenvalue weighted by atomic mass is 10.0. The molecule has 0 saturated heterocycles. The van der Waals surface area contributed by atoms with Gasteiger partial charge in [-0.05, 0) is 83.5 Å². The fourth-order valence-electron chi connectivity index (χ4n) is 11.0. The zero-order valence-electron chi connectivity index (χ0n) is 55.7. The highest BCUT2D eigenvalue weighted by Crippen LogP contribution is 2.19. The maximum atomic E-state index is 12.9. The molecule has 0 spiro atoms. The van der Waals surface area contributed by atoms with Gasteiger partial charge in [0.15, 0.2) is 6.10 Å². The van der Waals surface area contributed by atoms with Gasteiger partial charge in [-0.2, -0.15) is 0 Å². The van der Waals surface area contributed by atoms with Gasteiger partial charge in [0.05, 0.1) is 0 Å². The van der Waals surface area contributed by atoms with Gasteiger partial charge in [-0.15, -0.1) is 0 Å². The smallest absolute Gasteiger partial charge is 0.306 e. The van der Waals surface area contributed by atoms with E-state index in [4.69, 9.17) is 14.2 Å². The Morgan fingerprint density at radius 1 is 0.253 bits per heavy atom. The molecule has 0 aromatic rings. The van der Waals surface area contributed by atoms with Crippen LogP contribution in [0.4, 0.5) is 0 Å². The molecule has 1 atom stereocenters. The fraction of sp³-hybridized carbons (Fsp3) is 0.831. The van der Waals surface area contributed by atoms with E-state index >= 15 is 0 Å². The van der Waals surface area contributed by atoms with E-state index < -0.39 is 6.10 Å². The van der Waals surface area contributed by atoms with Crippen LogP contribution < -0.4 is 0 Å². The van der Waals surface area contributed by atoms with Crippen LogP contribution in [-0.4, -0.2) is 37.2 Å². The van der Waals surface area contributed by atoms with Crippen LogP contribution in [-0.2, 0) is 28.6 Å². The normalized spacial score (nSPS) is 12.4. The van der Waals surface area contributed by atoms with E-state index in [-0.39, 0.29) is 31.1 Å². The molecule has 0 aliphatic carbocycles. The average Bonchev–Trinajstić information content (AvgIpc) is 3.49. The molecule has 0 aliphatic rings. The molecule has 484 valence electrons. The fourth-order valence-corrected chi connectivity index (χ4v) is 11.0. The van der Waals surface area contributed by atoms with E-state index in [2.05, 4.69) is 81.5 Å². The summed E-state index contributed by atoms with van der Waals surface area (Å²) in [5.41, 5.74) is 0. The van der Waals surface area contributed by atoms with E-state index in [1.165, 1.54) is 263 Å². The van der Waals surface area contributed by atoms with Gasteiger partial charge in [0.25, 0.3) is 0 Å². The zero-order valence-corrected chi connectivity index (χ0v) is 55.7. The summed E-state index contributed by atoms with van der Waals surface area (Å²) in [5, 5.41) is 0.